The molecule has 2 rings (SSSR count). The second-order valence-corrected chi connectivity index (χ2v) is 3.49. The molecule has 0 unspecified atom stereocenters. The highest BCUT2D eigenvalue weighted by atomic mass is 32.2. The van der Waals surface area contributed by atoms with E-state index in [1.54, 1.807) is 0 Å². The minimum Gasteiger partial charge on any atom is -0.287 e. The maximum Gasteiger partial charge on any atom is 0.285 e. The first-order chi connectivity index (χ1) is 4.27. The molecule has 1 aliphatic heterocycles. The standard InChI is InChI=1S/C5H5NO2S/c7-4-2-1-3(2)9-5(8)6-4/h2-3H,1H2,(H,6,7,8)/t2-,3-/m0/s1. The molecule has 1 heterocycles. The molecule has 1 saturated heterocycles. The highest BCUT2D eigenvalue weighted by molar-refractivity contribution is 8.14. The molecule has 0 aromatic heterocycles. The van der Waals surface area contributed by atoms with E-state index < -0.39 is 0 Å². The predicted molar refractivity (Wildman–Crippen MR) is 33.0 cm³/mol. The van der Waals surface area contributed by atoms with Gasteiger partial charge in [-0.3, -0.25) is 14.9 Å². The van der Waals surface area contributed by atoms with Gasteiger partial charge < -0.3 is 0 Å². The topological polar surface area (TPSA) is 46.2 Å². The average Bonchev–Trinajstić information content (AvgIpc) is 2.43. The first kappa shape index (κ1) is 5.29. The van der Waals surface area contributed by atoms with Crippen molar-refractivity contribution in [3.05, 3.63) is 0 Å². The van der Waals surface area contributed by atoms with Gasteiger partial charge in [-0.25, -0.2) is 0 Å². The fraction of sp³-hybridized carbons (Fsp3) is 0.600. The van der Waals surface area contributed by atoms with Gasteiger partial charge in [-0.2, -0.15) is 0 Å². The molecule has 2 atom stereocenters. The molecule has 9 heavy (non-hydrogen) atoms. The maximum atomic E-state index is 10.7. The molecule has 1 N–H and O–H groups in total. The lowest BCUT2D eigenvalue weighted by Gasteiger charge is -2.06. The van der Waals surface area contributed by atoms with Crippen LogP contribution in [0.4, 0.5) is 4.79 Å². The van der Waals surface area contributed by atoms with Crippen molar-refractivity contribution in [3.8, 4) is 0 Å². The summed E-state index contributed by atoms with van der Waals surface area (Å²) in [5.41, 5.74) is 0. The van der Waals surface area contributed by atoms with E-state index in [1.165, 1.54) is 11.8 Å². The van der Waals surface area contributed by atoms with Crippen LogP contribution in [0.25, 0.3) is 0 Å². The number of nitrogens with one attached hydrogen (secondary N) is 1. The van der Waals surface area contributed by atoms with E-state index in [4.69, 9.17) is 0 Å². The number of fused-ring (bicyclic) bond motifs is 1. The van der Waals surface area contributed by atoms with Gasteiger partial charge in [0.25, 0.3) is 5.24 Å². The highest BCUT2D eigenvalue weighted by Crippen LogP contribution is 2.44. The largest absolute Gasteiger partial charge is 0.287 e. The third-order valence-electron chi connectivity index (χ3n) is 1.55. The molecule has 0 spiro atoms. The van der Waals surface area contributed by atoms with E-state index in [0.29, 0.717) is 5.25 Å². The van der Waals surface area contributed by atoms with Crippen LogP contribution in [0.15, 0.2) is 0 Å². The molecule has 1 aliphatic carbocycles. The molecule has 1 saturated carbocycles. The van der Waals surface area contributed by atoms with Crippen LogP contribution in [0, 0.1) is 5.92 Å². The van der Waals surface area contributed by atoms with Crippen LogP contribution in [0.2, 0.25) is 0 Å². The van der Waals surface area contributed by atoms with Crippen molar-refractivity contribution in [1.29, 1.82) is 0 Å². The summed E-state index contributed by atoms with van der Waals surface area (Å²) < 4.78 is 0. The first-order valence-corrected chi connectivity index (χ1v) is 3.67. The smallest absolute Gasteiger partial charge is 0.285 e. The van der Waals surface area contributed by atoms with E-state index >= 15 is 0 Å². The van der Waals surface area contributed by atoms with Gasteiger partial charge in [0, 0.05) is 5.25 Å². The van der Waals surface area contributed by atoms with Gasteiger partial charge in [0.2, 0.25) is 5.91 Å². The molecule has 0 aromatic carbocycles. The molecule has 2 fully saturated rings. The molecule has 0 aromatic rings. The zero-order chi connectivity index (χ0) is 6.43. The second-order valence-electron chi connectivity index (χ2n) is 2.28. The van der Waals surface area contributed by atoms with Crippen molar-refractivity contribution in [3.63, 3.8) is 0 Å². The van der Waals surface area contributed by atoms with Crippen molar-refractivity contribution < 1.29 is 9.59 Å². The lowest BCUT2D eigenvalue weighted by molar-refractivity contribution is -0.121. The Balaban J connectivity index is 2.15. The lowest BCUT2D eigenvalue weighted by Crippen LogP contribution is -2.33. The Labute approximate surface area is 56.2 Å². The number of rotatable bonds is 0. The van der Waals surface area contributed by atoms with Crippen LogP contribution >= 0.6 is 11.8 Å². The fourth-order valence-electron chi connectivity index (χ4n) is 0.938. The van der Waals surface area contributed by atoms with E-state index in [2.05, 4.69) is 5.32 Å². The number of hydrogen-bond donors (Lipinski definition) is 1. The maximum absolute atomic E-state index is 10.7. The summed E-state index contributed by atoms with van der Waals surface area (Å²) in [6.45, 7) is 0. The minimum atomic E-state index is -0.182. The zero-order valence-electron chi connectivity index (χ0n) is 4.59. The van der Waals surface area contributed by atoms with Crippen LogP contribution in [-0.4, -0.2) is 16.4 Å². The van der Waals surface area contributed by atoms with Crippen molar-refractivity contribution in [1.82, 2.24) is 5.32 Å². The van der Waals surface area contributed by atoms with Gasteiger partial charge in [-0.15, -0.1) is 0 Å². The van der Waals surface area contributed by atoms with E-state index in [1.807, 2.05) is 0 Å². The Hall–Kier alpha value is -0.510. The van der Waals surface area contributed by atoms with Gasteiger partial charge in [-0.1, -0.05) is 11.8 Å². The number of hydrogen-bond acceptors (Lipinski definition) is 3. The third-order valence-corrected chi connectivity index (χ3v) is 2.69. The molecule has 0 bridgehead atoms. The van der Waals surface area contributed by atoms with Crippen LogP contribution < -0.4 is 5.32 Å². The molecule has 2 aliphatic rings. The van der Waals surface area contributed by atoms with Gasteiger partial charge in [0.05, 0.1) is 5.92 Å². The molecule has 48 valence electrons. The van der Waals surface area contributed by atoms with Gasteiger partial charge in [0.15, 0.2) is 0 Å². The van der Waals surface area contributed by atoms with Gasteiger partial charge in [0.1, 0.15) is 0 Å². The van der Waals surface area contributed by atoms with Crippen LogP contribution in [0.3, 0.4) is 0 Å². The SMILES string of the molecule is O=C1NC(=O)[C@H]2C[C@@H]2S1. The van der Waals surface area contributed by atoms with Crippen molar-refractivity contribution in [2.75, 3.05) is 0 Å². The number of imide groups is 1. The van der Waals surface area contributed by atoms with Crippen LogP contribution in [-0.2, 0) is 4.79 Å². The third kappa shape index (κ3) is 0.738. The lowest BCUT2D eigenvalue weighted by atomic mass is 10.4. The summed E-state index contributed by atoms with van der Waals surface area (Å²) in [4.78, 5) is 21.2. The summed E-state index contributed by atoms with van der Waals surface area (Å²) in [7, 11) is 0. The monoisotopic (exact) mass is 143 g/mol. The summed E-state index contributed by atoms with van der Waals surface area (Å²) >= 11 is 1.25. The van der Waals surface area contributed by atoms with E-state index in [0.717, 1.165) is 6.42 Å². The first-order valence-electron chi connectivity index (χ1n) is 2.79. The Morgan fingerprint density at radius 2 is 2.33 bits per heavy atom. The Morgan fingerprint density at radius 1 is 1.56 bits per heavy atom. The van der Waals surface area contributed by atoms with Gasteiger partial charge in [-0.05, 0) is 6.42 Å². The van der Waals surface area contributed by atoms with E-state index in [9.17, 15) is 9.59 Å². The molecule has 4 heteroatoms. The summed E-state index contributed by atoms with van der Waals surface area (Å²) in [6.07, 6.45) is 0.891. The highest BCUT2D eigenvalue weighted by Gasteiger charge is 2.49. The molecule has 3 nitrogen and oxygen atoms in total. The predicted octanol–water partition coefficient (Wildman–Crippen LogP) is 0.358. The summed E-state index contributed by atoms with van der Waals surface area (Å²) in [5, 5.41) is 2.39. The Kier molecular flexibility index (Phi) is 0.883. The fourth-order valence-corrected chi connectivity index (χ4v) is 1.96. The molecule has 0 radical (unpaired) electrons. The number of thioether (sulfide) groups is 1. The minimum absolute atomic E-state index is 0.0799. The Bertz CT molecular complexity index is 191. The van der Waals surface area contributed by atoms with Gasteiger partial charge >= 0.3 is 0 Å². The van der Waals surface area contributed by atoms with Crippen LogP contribution in [0.5, 0.6) is 0 Å². The average molecular weight is 143 g/mol. The van der Waals surface area contributed by atoms with E-state index in [-0.39, 0.29) is 17.1 Å². The zero-order valence-corrected chi connectivity index (χ0v) is 5.40. The number of carbonyl (C=O) groups excluding carboxylic acids is 2. The van der Waals surface area contributed by atoms with Crippen molar-refractivity contribution in [2.45, 2.75) is 11.7 Å². The quantitative estimate of drug-likeness (QED) is 0.532. The normalized spacial score (nSPS) is 39.6. The molecular weight excluding hydrogens is 138 g/mol. The van der Waals surface area contributed by atoms with Crippen molar-refractivity contribution in [2.24, 2.45) is 5.92 Å². The molecular formula is C5H5NO2S. The number of amides is 2. The summed E-state index contributed by atoms with van der Waals surface area (Å²) in [6, 6.07) is 0. The Morgan fingerprint density at radius 3 is 3.00 bits per heavy atom. The second kappa shape index (κ2) is 1.50. The number of carbonyl (C=O) groups is 2. The molecule has 2 amide bonds. The van der Waals surface area contributed by atoms with Crippen LogP contribution in [0.1, 0.15) is 6.42 Å². The van der Waals surface area contributed by atoms with Crippen molar-refractivity contribution >= 4 is 22.9 Å². The summed E-state index contributed by atoms with van der Waals surface area (Å²) in [5.74, 6) is 0.0662.